The van der Waals surface area contributed by atoms with E-state index in [-0.39, 0.29) is 24.5 Å². The van der Waals surface area contributed by atoms with Gasteiger partial charge in [0.2, 0.25) is 5.91 Å². The first kappa shape index (κ1) is 15.4. The number of carbonyl (C=O) groups is 1. The predicted octanol–water partition coefficient (Wildman–Crippen LogP) is 1.70. The van der Waals surface area contributed by atoms with Crippen LogP contribution in [-0.4, -0.2) is 47.8 Å². The summed E-state index contributed by atoms with van der Waals surface area (Å²) in [6, 6.07) is -0.0432. The third kappa shape index (κ3) is 3.64. The van der Waals surface area contributed by atoms with Crippen molar-refractivity contribution in [2.45, 2.75) is 44.8 Å². The average Bonchev–Trinajstić information content (AvgIpc) is 3.30. The van der Waals surface area contributed by atoms with Gasteiger partial charge in [-0.1, -0.05) is 5.16 Å². The molecule has 2 fully saturated rings. The van der Waals surface area contributed by atoms with Gasteiger partial charge in [0.1, 0.15) is 6.61 Å². The smallest absolute Gasteiger partial charge is 0.252 e. The number of methoxy groups -OCH3 is 1. The van der Waals surface area contributed by atoms with Crippen LogP contribution in [0.25, 0.3) is 0 Å². The molecule has 0 bridgehead atoms. The number of amides is 1. The van der Waals surface area contributed by atoms with E-state index < -0.39 is 0 Å². The summed E-state index contributed by atoms with van der Waals surface area (Å²) in [6.07, 6.45) is 5.09. The Kier molecular flexibility index (Phi) is 5.04. The molecule has 0 aromatic carbocycles. The fourth-order valence-electron chi connectivity index (χ4n) is 2.79. The minimum absolute atomic E-state index is 0.0432. The van der Waals surface area contributed by atoms with Crippen LogP contribution in [0.4, 0.5) is 0 Å². The molecule has 1 saturated carbocycles. The van der Waals surface area contributed by atoms with Crippen molar-refractivity contribution < 1.29 is 18.8 Å². The standard InChI is InChI=1S/C15H23N3O4/c1-20-8-9-21-10-13-16-14(17-22-13)12-4-2-3-7-18(12)15(19)11-5-6-11/h11-12H,2-10H2,1H3. The van der Waals surface area contributed by atoms with Crippen molar-refractivity contribution in [3.63, 3.8) is 0 Å². The average molecular weight is 309 g/mol. The molecular weight excluding hydrogens is 286 g/mol. The topological polar surface area (TPSA) is 77.7 Å². The fourth-order valence-corrected chi connectivity index (χ4v) is 2.79. The molecule has 122 valence electrons. The van der Waals surface area contributed by atoms with Crippen LogP contribution < -0.4 is 0 Å². The Hall–Kier alpha value is -1.47. The quantitative estimate of drug-likeness (QED) is 0.713. The first-order valence-electron chi connectivity index (χ1n) is 7.99. The molecule has 2 heterocycles. The molecular formula is C15H23N3O4. The van der Waals surface area contributed by atoms with E-state index in [1.807, 2.05) is 4.90 Å². The fraction of sp³-hybridized carbons (Fsp3) is 0.800. The van der Waals surface area contributed by atoms with Crippen LogP contribution in [0.5, 0.6) is 0 Å². The van der Waals surface area contributed by atoms with Crippen LogP contribution in [0.2, 0.25) is 0 Å². The van der Waals surface area contributed by atoms with Crippen LogP contribution in [0.3, 0.4) is 0 Å². The predicted molar refractivity (Wildman–Crippen MR) is 76.9 cm³/mol. The van der Waals surface area contributed by atoms with E-state index in [9.17, 15) is 4.79 Å². The van der Waals surface area contributed by atoms with Crippen LogP contribution >= 0.6 is 0 Å². The molecule has 1 saturated heterocycles. The Balaban J connectivity index is 1.61. The highest BCUT2D eigenvalue weighted by Gasteiger charge is 2.39. The number of aromatic nitrogens is 2. The summed E-state index contributed by atoms with van der Waals surface area (Å²) in [7, 11) is 1.63. The molecule has 2 aliphatic rings. The van der Waals surface area contributed by atoms with Gasteiger partial charge in [-0.15, -0.1) is 0 Å². The first-order chi connectivity index (χ1) is 10.8. The van der Waals surface area contributed by atoms with Crippen LogP contribution in [0.15, 0.2) is 4.52 Å². The van der Waals surface area contributed by atoms with E-state index in [0.717, 1.165) is 38.6 Å². The Bertz CT molecular complexity index is 501. The zero-order valence-electron chi connectivity index (χ0n) is 13.0. The summed E-state index contributed by atoms with van der Waals surface area (Å²) in [6.45, 7) is 2.10. The summed E-state index contributed by atoms with van der Waals surface area (Å²) >= 11 is 0. The second-order valence-electron chi connectivity index (χ2n) is 5.91. The Morgan fingerprint density at radius 3 is 2.95 bits per heavy atom. The summed E-state index contributed by atoms with van der Waals surface area (Å²) in [5, 5.41) is 4.06. The monoisotopic (exact) mass is 309 g/mol. The van der Waals surface area contributed by atoms with Gasteiger partial charge >= 0.3 is 0 Å². The summed E-state index contributed by atoms with van der Waals surface area (Å²) in [5.74, 6) is 1.55. The molecule has 1 aliphatic carbocycles. The van der Waals surface area contributed by atoms with Gasteiger partial charge in [0.25, 0.3) is 5.89 Å². The third-order valence-corrected chi connectivity index (χ3v) is 4.15. The minimum atomic E-state index is -0.0432. The van der Waals surface area contributed by atoms with Crippen molar-refractivity contribution >= 4 is 5.91 Å². The highest BCUT2D eigenvalue weighted by molar-refractivity contribution is 5.81. The van der Waals surface area contributed by atoms with E-state index in [4.69, 9.17) is 14.0 Å². The van der Waals surface area contributed by atoms with Gasteiger partial charge < -0.3 is 18.9 Å². The van der Waals surface area contributed by atoms with Crippen molar-refractivity contribution in [3.8, 4) is 0 Å². The number of likely N-dealkylation sites (tertiary alicyclic amines) is 1. The second-order valence-corrected chi connectivity index (χ2v) is 5.91. The lowest BCUT2D eigenvalue weighted by Crippen LogP contribution is -2.39. The van der Waals surface area contributed by atoms with Gasteiger partial charge in [-0.05, 0) is 32.1 Å². The van der Waals surface area contributed by atoms with Crippen molar-refractivity contribution in [3.05, 3.63) is 11.7 Å². The number of rotatable bonds is 7. The van der Waals surface area contributed by atoms with E-state index in [2.05, 4.69) is 10.1 Å². The highest BCUT2D eigenvalue weighted by atomic mass is 16.5. The van der Waals surface area contributed by atoms with Crippen LogP contribution in [-0.2, 0) is 20.9 Å². The van der Waals surface area contributed by atoms with Crippen molar-refractivity contribution in [2.24, 2.45) is 5.92 Å². The maximum Gasteiger partial charge on any atom is 0.252 e. The Morgan fingerprint density at radius 2 is 2.18 bits per heavy atom. The zero-order valence-corrected chi connectivity index (χ0v) is 13.0. The Labute approximate surface area is 129 Å². The first-order valence-corrected chi connectivity index (χ1v) is 7.99. The molecule has 7 nitrogen and oxygen atoms in total. The molecule has 3 rings (SSSR count). The normalized spacial score (nSPS) is 22.0. The molecule has 0 N–H and O–H groups in total. The van der Waals surface area contributed by atoms with E-state index in [0.29, 0.717) is 24.9 Å². The van der Waals surface area contributed by atoms with Gasteiger partial charge in [-0.25, -0.2) is 0 Å². The maximum atomic E-state index is 12.4. The van der Waals surface area contributed by atoms with Crippen molar-refractivity contribution in [1.29, 1.82) is 0 Å². The highest BCUT2D eigenvalue weighted by Crippen LogP contribution is 2.37. The number of carbonyl (C=O) groups excluding carboxylic acids is 1. The molecule has 1 aromatic rings. The third-order valence-electron chi connectivity index (χ3n) is 4.15. The summed E-state index contributed by atoms with van der Waals surface area (Å²) in [5.41, 5.74) is 0. The van der Waals surface area contributed by atoms with Crippen LogP contribution in [0.1, 0.15) is 49.9 Å². The molecule has 1 aromatic heterocycles. The lowest BCUT2D eigenvalue weighted by Gasteiger charge is -2.33. The molecule has 1 aliphatic heterocycles. The second kappa shape index (κ2) is 7.19. The van der Waals surface area contributed by atoms with Gasteiger partial charge in [-0.3, -0.25) is 4.79 Å². The van der Waals surface area contributed by atoms with Gasteiger partial charge in [0.15, 0.2) is 5.82 Å². The van der Waals surface area contributed by atoms with Gasteiger partial charge in [-0.2, -0.15) is 4.98 Å². The zero-order chi connectivity index (χ0) is 15.4. The number of piperidine rings is 1. The lowest BCUT2D eigenvalue weighted by atomic mass is 10.0. The molecule has 1 unspecified atom stereocenters. The minimum Gasteiger partial charge on any atom is -0.382 e. The molecule has 0 spiro atoms. The Morgan fingerprint density at radius 1 is 1.32 bits per heavy atom. The summed E-state index contributed by atoms with van der Waals surface area (Å²) in [4.78, 5) is 18.7. The lowest BCUT2D eigenvalue weighted by molar-refractivity contribution is -0.136. The summed E-state index contributed by atoms with van der Waals surface area (Å²) < 4.78 is 15.5. The van der Waals surface area contributed by atoms with Crippen molar-refractivity contribution in [2.75, 3.05) is 26.9 Å². The number of hydrogen-bond donors (Lipinski definition) is 0. The van der Waals surface area contributed by atoms with Crippen LogP contribution in [0, 0.1) is 5.92 Å². The SMILES string of the molecule is COCCOCc1nc(C2CCCCN2C(=O)C2CC2)no1. The number of ether oxygens (including phenoxy) is 2. The number of nitrogens with zero attached hydrogens (tertiary/aromatic N) is 3. The number of hydrogen-bond acceptors (Lipinski definition) is 6. The molecule has 0 radical (unpaired) electrons. The molecule has 22 heavy (non-hydrogen) atoms. The van der Waals surface area contributed by atoms with E-state index in [1.165, 1.54) is 0 Å². The molecule has 7 heteroatoms. The van der Waals surface area contributed by atoms with E-state index >= 15 is 0 Å². The van der Waals surface area contributed by atoms with Gasteiger partial charge in [0, 0.05) is 19.6 Å². The molecule has 1 atom stereocenters. The van der Waals surface area contributed by atoms with Crippen molar-refractivity contribution in [1.82, 2.24) is 15.0 Å². The van der Waals surface area contributed by atoms with E-state index in [1.54, 1.807) is 7.11 Å². The largest absolute Gasteiger partial charge is 0.382 e. The molecule has 1 amide bonds. The maximum absolute atomic E-state index is 12.4. The van der Waals surface area contributed by atoms with Gasteiger partial charge in [0.05, 0.1) is 19.3 Å².